The summed E-state index contributed by atoms with van der Waals surface area (Å²) < 4.78 is 5.05. The second kappa shape index (κ2) is 5.12. The largest absolute Gasteiger partial charge is 0.480 e. The van der Waals surface area contributed by atoms with E-state index >= 15 is 0 Å². The number of hydrogen-bond acceptors (Lipinski definition) is 4. The fourth-order valence-electron chi connectivity index (χ4n) is 1.76. The summed E-state index contributed by atoms with van der Waals surface area (Å²) >= 11 is 0. The Bertz CT molecular complexity index is 354. The fraction of sp³-hybridized carbons (Fsp3) is 0.636. The Balaban J connectivity index is 2.77. The first-order valence-electron chi connectivity index (χ1n) is 5.32. The van der Waals surface area contributed by atoms with Gasteiger partial charge in [-0.15, -0.1) is 0 Å². The van der Waals surface area contributed by atoms with Gasteiger partial charge in [-0.05, 0) is 27.3 Å². The Labute approximate surface area is 95.0 Å². The predicted octanol–water partition coefficient (Wildman–Crippen LogP) is 1.59. The third-order valence-corrected chi connectivity index (χ3v) is 2.79. The normalized spacial score (nSPS) is 13.1. The van der Waals surface area contributed by atoms with Gasteiger partial charge in [0.25, 0.3) is 0 Å². The van der Waals surface area contributed by atoms with Crippen molar-refractivity contribution in [1.29, 1.82) is 0 Å². The lowest BCUT2D eigenvalue weighted by Gasteiger charge is -2.23. The van der Waals surface area contributed by atoms with Gasteiger partial charge < -0.3 is 9.63 Å². The van der Waals surface area contributed by atoms with E-state index in [1.54, 1.807) is 11.9 Å². The van der Waals surface area contributed by atoms with Crippen molar-refractivity contribution in [1.82, 2.24) is 10.1 Å². The molecule has 0 aromatic carbocycles. The van der Waals surface area contributed by atoms with E-state index in [-0.39, 0.29) is 0 Å². The number of aryl methyl sites for hydroxylation is 2. The average Bonchev–Trinajstić information content (AvgIpc) is 2.50. The van der Waals surface area contributed by atoms with Gasteiger partial charge in [-0.2, -0.15) is 0 Å². The molecule has 1 rings (SSSR count). The molecule has 0 amide bonds. The minimum Gasteiger partial charge on any atom is -0.480 e. The lowest BCUT2D eigenvalue weighted by atomic mass is 10.1. The van der Waals surface area contributed by atoms with E-state index in [1.807, 2.05) is 20.8 Å². The number of carbonyl (C=O) groups is 1. The summed E-state index contributed by atoms with van der Waals surface area (Å²) in [7, 11) is 1.80. The first-order valence-corrected chi connectivity index (χ1v) is 5.32. The first kappa shape index (κ1) is 12.7. The van der Waals surface area contributed by atoms with Crippen LogP contribution in [-0.4, -0.2) is 34.2 Å². The van der Waals surface area contributed by atoms with Crippen LogP contribution in [0, 0.1) is 13.8 Å². The highest BCUT2D eigenvalue weighted by atomic mass is 16.5. The minimum absolute atomic E-state index is 0.464. The topological polar surface area (TPSA) is 66.6 Å². The molecule has 0 saturated heterocycles. The molecule has 0 radical (unpaired) electrons. The van der Waals surface area contributed by atoms with Crippen LogP contribution in [0.15, 0.2) is 4.52 Å². The van der Waals surface area contributed by atoms with Gasteiger partial charge in [-0.25, -0.2) is 0 Å². The van der Waals surface area contributed by atoms with Crippen LogP contribution in [0.2, 0.25) is 0 Å². The molecule has 1 aromatic rings. The maximum absolute atomic E-state index is 11.0. The molecule has 5 nitrogen and oxygen atoms in total. The highest BCUT2D eigenvalue weighted by Crippen LogP contribution is 2.16. The third-order valence-electron chi connectivity index (χ3n) is 2.79. The van der Waals surface area contributed by atoms with Gasteiger partial charge in [0.2, 0.25) is 0 Å². The van der Waals surface area contributed by atoms with E-state index in [0.29, 0.717) is 13.0 Å². The maximum Gasteiger partial charge on any atom is 0.320 e. The number of likely N-dealkylation sites (N-methyl/N-ethyl adjacent to an activating group) is 1. The summed E-state index contributed by atoms with van der Waals surface area (Å²) in [6, 6.07) is -0.464. The molecule has 0 bridgehead atoms. The van der Waals surface area contributed by atoms with Gasteiger partial charge in [0, 0.05) is 12.1 Å². The second-order valence-electron chi connectivity index (χ2n) is 3.98. The van der Waals surface area contributed by atoms with Crippen LogP contribution in [0.4, 0.5) is 0 Å². The van der Waals surface area contributed by atoms with Crippen LogP contribution in [0.5, 0.6) is 0 Å². The number of carboxylic acid groups (broad SMARTS) is 1. The van der Waals surface area contributed by atoms with Crippen molar-refractivity contribution in [2.45, 2.75) is 39.8 Å². The number of aromatic nitrogens is 1. The van der Waals surface area contributed by atoms with E-state index in [9.17, 15) is 4.79 Å². The summed E-state index contributed by atoms with van der Waals surface area (Å²) in [4.78, 5) is 12.8. The van der Waals surface area contributed by atoms with Crippen molar-refractivity contribution in [2.24, 2.45) is 0 Å². The standard InChI is InChI=1S/C11H18N2O3/c1-5-10(11(14)15)13(4)6-9-7(2)12-16-8(9)3/h10H,5-6H2,1-4H3,(H,14,15). The molecule has 1 atom stereocenters. The lowest BCUT2D eigenvalue weighted by Crippen LogP contribution is -2.37. The van der Waals surface area contributed by atoms with E-state index < -0.39 is 12.0 Å². The molecular weight excluding hydrogens is 208 g/mol. The van der Waals surface area contributed by atoms with Gasteiger partial charge >= 0.3 is 5.97 Å². The summed E-state index contributed by atoms with van der Waals surface area (Å²) in [5.41, 5.74) is 1.80. The summed E-state index contributed by atoms with van der Waals surface area (Å²) in [6.07, 6.45) is 0.579. The van der Waals surface area contributed by atoms with Gasteiger partial charge in [0.1, 0.15) is 11.8 Å². The SMILES string of the molecule is CCC(C(=O)O)N(C)Cc1c(C)noc1C. The lowest BCUT2D eigenvalue weighted by molar-refractivity contribution is -0.143. The van der Waals surface area contributed by atoms with E-state index in [2.05, 4.69) is 5.16 Å². The van der Waals surface area contributed by atoms with E-state index in [0.717, 1.165) is 17.0 Å². The minimum atomic E-state index is -0.795. The highest BCUT2D eigenvalue weighted by molar-refractivity contribution is 5.73. The molecule has 5 heteroatoms. The highest BCUT2D eigenvalue weighted by Gasteiger charge is 2.22. The summed E-state index contributed by atoms with van der Waals surface area (Å²) in [5.74, 6) is -0.0404. The van der Waals surface area contributed by atoms with Crippen molar-refractivity contribution >= 4 is 5.97 Å². The Hall–Kier alpha value is -1.36. The van der Waals surface area contributed by atoms with Gasteiger partial charge in [-0.3, -0.25) is 9.69 Å². The van der Waals surface area contributed by atoms with Crippen molar-refractivity contribution in [3.63, 3.8) is 0 Å². The Morgan fingerprint density at radius 1 is 1.56 bits per heavy atom. The van der Waals surface area contributed by atoms with Crippen molar-refractivity contribution in [3.8, 4) is 0 Å². The number of carboxylic acids is 1. The molecule has 1 aromatic heterocycles. The predicted molar refractivity (Wildman–Crippen MR) is 59.2 cm³/mol. The summed E-state index contributed by atoms with van der Waals surface area (Å²) in [6.45, 7) is 6.11. The molecule has 0 aliphatic carbocycles. The van der Waals surface area contributed by atoms with Crippen molar-refractivity contribution in [2.75, 3.05) is 7.05 Å². The molecule has 0 saturated carbocycles. The molecule has 0 spiro atoms. The second-order valence-corrected chi connectivity index (χ2v) is 3.98. The maximum atomic E-state index is 11.0. The Morgan fingerprint density at radius 2 is 2.19 bits per heavy atom. The van der Waals surface area contributed by atoms with Gasteiger partial charge in [0.15, 0.2) is 0 Å². The molecular formula is C11H18N2O3. The monoisotopic (exact) mass is 226 g/mol. The van der Waals surface area contributed by atoms with Crippen LogP contribution in [-0.2, 0) is 11.3 Å². The molecule has 1 unspecified atom stereocenters. The van der Waals surface area contributed by atoms with Crippen molar-refractivity contribution < 1.29 is 14.4 Å². The van der Waals surface area contributed by atoms with Gasteiger partial charge in [-0.1, -0.05) is 12.1 Å². The number of rotatable bonds is 5. The fourth-order valence-corrected chi connectivity index (χ4v) is 1.76. The quantitative estimate of drug-likeness (QED) is 0.825. The molecule has 1 N–H and O–H groups in total. The molecule has 90 valence electrons. The summed E-state index contributed by atoms with van der Waals surface area (Å²) in [5, 5.41) is 12.9. The zero-order valence-corrected chi connectivity index (χ0v) is 10.1. The number of nitrogens with zero attached hydrogens (tertiary/aromatic N) is 2. The van der Waals surface area contributed by atoms with E-state index in [1.165, 1.54) is 0 Å². The van der Waals surface area contributed by atoms with Crippen LogP contribution >= 0.6 is 0 Å². The molecule has 0 aliphatic heterocycles. The van der Waals surface area contributed by atoms with Crippen LogP contribution < -0.4 is 0 Å². The van der Waals surface area contributed by atoms with Crippen LogP contribution in [0.25, 0.3) is 0 Å². The smallest absolute Gasteiger partial charge is 0.320 e. The Morgan fingerprint density at radius 3 is 2.56 bits per heavy atom. The third kappa shape index (κ3) is 2.61. The molecule has 16 heavy (non-hydrogen) atoms. The molecule has 0 aliphatic rings. The zero-order chi connectivity index (χ0) is 12.3. The first-order chi connectivity index (χ1) is 7.47. The van der Waals surface area contributed by atoms with Gasteiger partial charge in [0.05, 0.1) is 5.69 Å². The van der Waals surface area contributed by atoms with Crippen molar-refractivity contribution in [3.05, 3.63) is 17.0 Å². The van der Waals surface area contributed by atoms with E-state index in [4.69, 9.17) is 9.63 Å². The van der Waals surface area contributed by atoms with Crippen LogP contribution in [0.3, 0.4) is 0 Å². The number of aliphatic carboxylic acids is 1. The average molecular weight is 226 g/mol. The molecule has 0 fully saturated rings. The Kier molecular flexibility index (Phi) is 4.06. The zero-order valence-electron chi connectivity index (χ0n) is 10.1. The number of hydrogen-bond donors (Lipinski definition) is 1. The van der Waals surface area contributed by atoms with Crippen LogP contribution in [0.1, 0.15) is 30.4 Å². The molecule has 1 heterocycles.